The molecule has 0 saturated heterocycles. The molecule has 0 aromatic heterocycles. The lowest BCUT2D eigenvalue weighted by molar-refractivity contribution is -0.144. The van der Waals surface area contributed by atoms with E-state index in [1.165, 1.54) is 7.11 Å². The van der Waals surface area contributed by atoms with Crippen molar-refractivity contribution in [2.24, 2.45) is 5.92 Å². The Morgan fingerprint density at radius 3 is 2.46 bits per heavy atom. The maximum absolute atomic E-state index is 12.7. The molecule has 0 saturated carbocycles. The van der Waals surface area contributed by atoms with Crippen molar-refractivity contribution in [1.82, 2.24) is 0 Å². The van der Waals surface area contributed by atoms with Gasteiger partial charge in [0.1, 0.15) is 11.9 Å². The molecule has 0 spiro atoms. The molecule has 1 aliphatic heterocycles. The van der Waals surface area contributed by atoms with Gasteiger partial charge in [-0.05, 0) is 39.7 Å². The van der Waals surface area contributed by atoms with Crippen LogP contribution >= 0.6 is 7.82 Å². The lowest BCUT2D eigenvalue weighted by atomic mass is 9.82. The standard InChI is InChI=1S/C17H25O8P/c1-5-22-26(20,23-6-2)25-13-9-7-8-12(15(13)17(19)21-4)14-10-11(3)16(18)24-14/h10,12,14H,5-9H2,1-4H3/t12-,14-/m1/s1. The van der Waals surface area contributed by atoms with Crippen LogP contribution in [0.15, 0.2) is 23.0 Å². The molecule has 0 amide bonds. The Labute approximate surface area is 153 Å². The monoisotopic (exact) mass is 388 g/mol. The summed E-state index contributed by atoms with van der Waals surface area (Å²) in [4.78, 5) is 24.1. The van der Waals surface area contributed by atoms with E-state index in [4.69, 9.17) is 23.0 Å². The van der Waals surface area contributed by atoms with E-state index in [0.717, 1.165) is 0 Å². The molecule has 8 nitrogen and oxygen atoms in total. The number of ether oxygens (including phenoxy) is 2. The molecule has 1 aliphatic carbocycles. The first-order valence-electron chi connectivity index (χ1n) is 8.64. The van der Waals surface area contributed by atoms with Crippen LogP contribution in [0.2, 0.25) is 0 Å². The average molecular weight is 388 g/mol. The molecule has 0 bridgehead atoms. The number of phosphoric ester groups is 1. The van der Waals surface area contributed by atoms with E-state index in [-0.39, 0.29) is 24.5 Å². The van der Waals surface area contributed by atoms with Crippen LogP contribution in [0.3, 0.4) is 0 Å². The van der Waals surface area contributed by atoms with Gasteiger partial charge in [0.2, 0.25) is 0 Å². The number of phosphoric acid groups is 1. The van der Waals surface area contributed by atoms with E-state index in [0.29, 0.717) is 24.8 Å². The Bertz CT molecular complexity index is 656. The van der Waals surface area contributed by atoms with Gasteiger partial charge in [0.25, 0.3) is 0 Å². The van der Waals surface area contributed by atoms with E-state index in [1.54, 1.807) is 26.8 Å². The zero-order valence-electron chi connectivity index (χ0n) is 15.5. The molecule has 0 radical (unpaired) electrons. The normalized spacial score (nSPS) is 23.5. The SMILES string of the molecule is CCOP(=O)(OCC)OC1=C(C(=O)OC)[C@@H]([C@H]2C=C(C)C(=O)O2)CCC1. The summed E-state index contributed by atoms with van der Waals surface area (Å²) in [6.45, 7) is 5.25. The molecule has 0 aromatic rings. The summed E-state index contributed by atoms with van der Waals surface area (Å²) in [5.74, 6) is -1.27. The lowest BCUT2D eigenvalue weighted by Crippen LogP contribution is -2.30. The van der Waals surface area contributed by atoms with E-state index >= 15 is 0 Å². The smallest absolute Gasteiger partial charge is 0.466 e. The zero-order chi connectivity index (χ0) is 19.3. The van der Waals surface area contributed by atoms with E-state index in [2.05, 4.69) is 0 Å². The van der Waals surface area contributed by atoms with Crippen molar-refractivity contribution in [2.75, 3.05) is 20.3 Å². The van der Waals surface area contributed by atoms with Crippen molar-refractivity contribution in [1.29, 1.82) is 0 Å². The van der Waals surface area contributed by atoms with Gasteiger partial charge >= 0.3 is 19.8 Å². The van der Waals surface area contributed by atoms with Gasteiger partial charge in [-0.25, -0.2) is 14.2 Å². The highest BCUT2D eigenvalue weighted by molar-refractivity contribution is 7.48. The molecular weight excluding hydrogens is 363 g/mol. The molecule has 2 aliphatic rings. The number of methoxy groups -OCH3 is 1. The first-order valence-corrected chi connectivity index (χ1v) is 10.1. The van der Waals surface area contributed by atoms with Crippen molar-refractivity contribution in [2.45, 2.75) is 46.1 Å². The average Bonchev–Trinajstić information content (AvgIpc) is 2.93. The fourth-order valence-electron chi connectivity index (χ4n) is 3.07. The van der Waals surface area contributed by atoms with Gasteiger partial charge in [0.05, 0.1) is 25.9 Å². The zero-order valence-corrected chi connectivity index (χ0v) is 16.4. The minimum atomic E-state index is -3.85. The van der Waals surface area contributed by atoms with Crippen molar-refractivity contribution in [3.63, 3.8) is 0 Å². The molecule has 0 unspecified atom stereocenters. The third kappa shape index (κ3) is 4.55. The number of hydrogen-bond donors (Lipinski definition) is 0. The summed E-state index contributed by atoms with van der Waals surface area (Å²) in [7, 11) is -2.59. The number of carbonyl (C=O) groups is 2. The minimum Gasteiger partial charge on any atom is -0.466 e. The van der Waals surface area contributed by atoms with Gasteiger partial charge in [-0.15, -0.1) is 0 Å². The Morgan fingerprint density at radius 2 is 1.96 bits per heavy atom. The maximum Gasteiger partial charge on any atom is 0.529 e. The van der Waals surface area contributed by atoms with Crippen LogP contribution in [0.1, 0.15) is 40.0 Å². The summed E-state index contributed by atoms with van der Waals surface area (Å²) < 4.78 is 38.8. The quantitative estimate of drug-likeness (QED) is 0.462. The maximum atomic E-state index is 12.7. The molecule has 1 heterocycles. The number of allylic oxidation sites excluding steroid dienone is 1. The summed E-state index contributed by atoms with van der Waals surface area (Å²) in [6.07, 6.45) is 2.75. The predicted octanol–water partition coefficient (Wildman–Crippen LogP) is 3.28. The minimum absolute atomic E-state index is 0.129. The molecular formula is C17H25O8P. The van der Waals surface area contributed by atoms with Crippen molar-refractivity contribution < 1.29 is 37.2 Å². The first kappa shape index (κ1) is 20.7. The number of hydrogen-bond acceptors (Lipinski definition) is 8. The molecule has 0 aromatic carbocycles. The number of carbonyl (C=O) groups excluding carboxylic acids is 2. The van der Waals surface area contributed by atoms with E-state index < -0.39 is 31.8 Å². The van der Waals surface area contributed by atoms with Gasteiger partial charge in [0, 0.05) is 17.9 Å². The second kappa shape index (κ2) is 8.84. The van der Waals surface area contributed by atoms with Crippen molar-refractivity contribution in [3.05, 3.63) is 23.0 Å². The van der Waals surface area contributed by atoms with Gasteiger partial charge in [-0.1, -0.05) is 0 Å². The first-order chi connectivity index (χ1) is 12.3. The van der Waals surface area contributed by atoms with Crippen LogP contribution in [-0.2, 0) is 37.2 Å². The van der Waals surface area contributed by atoms with Crippen molar-refractivity contribution >= 4 is 19.8 Å². The highest BCUT2D eigenvalue weighted by atomic mass is 31.2. The predicted molar refractivity (Wildman–Crippen MR) is 92.0 cm³/mol. The Kier molecular flexibility index (Phi) is 7.03. The summed E-state index contributed by atoms with van der Waals surface area (Å²) in [6, 6.07) is 0. The van der Waals surface area contributed by atoms with Gasteiger partial charge in [-0.2, -0.15) is 0 Å². The summed E-state index contributed by atoms with van der Waals surface area (Å²) in [5, 5.41) is 0. The second-order valence-corrected chi connectivity index (χ2v) is 7.51. The Morgan fingerprint density at radius 1 is 1.31 bits per heavy atom. The Balaban J connectivity index is 2.39. The fourth-order valence-corrected chi connectivity index (χ4v) is 4.34. The second-order valence-electron chi connectivity index (χ2n) is 5.92. The van der Waals surface area contributed by atoms with Crippen LogP contribution in [0.5, 0.6) is 0 Å². The molecule has 2 atom stereocenters. The van der Waals surface area contributed by atoms with E-state index in [9.17, 15) is 14.2 Å². The highest BCUT2D eigenvalue weighted by Crippen LogP contribution is 2.53. The van der Waals surface area contributed by atoms with Crippen molar-refractivity contribution in [3.8, 4) is 0 Å². The number of esters is 2. The number of rotatable bonds is 8. The topological polar surface area (TPSA) is 97.4 Å². The van der Waals surface area contributed by atoms with Gasteiger partial charge < -0.3 is 14.0 Å². The van der Waals surface area contributed by atoms with Gasteiger partial charge in [0.15, 0.2) is 0 Å². The van der Waals surface area contributed by atoms with Crippen LogP contribution in [0.4, 0.5) is 0 Å². The van der Waals surface area contributed by atoms with Crippen LogP contribution in [-0.4, -0.2) is 38.4 Å². The number of cyclic esters (lactones) is 1. The molecule has 0 fully saturated rings. The molecule has 9 heteroatoms. The Hall–Kier alpha value is -1.63. The van der Waals surface area contributed by atoms with Gasteiger partial charge in [-0.3, -0.25) is 9.05 Å². The molecule has 0 N–H and O–H groups in total. The molecule has 2 rings (SSSR count). The largest absolute Gasteiger partial charge is 0.529 e. The third-order valence-electron chi connectivity index (χ3n) is 4.17. The van der Waals surface area contributed by atoms with Crippen LogP contribution < -0.4 is 0 Å². The molecule has 146 valence electrons. The lowest BCUT2D eigenvalue weighted by Gasteiger charge is -2.30. The van der Waals surface area contributed by atoms with Crippen LogP contribution in [0, 0.1) is 5.92 Å². The fraction of sp³-hybridized carbons (Fsp3) is 0.647. The highest BCUT2D eigenvalue weighted by Gasteiger charge is 2.41. The molecule has 26 heavy (non-hydrogen) atoms. The summed E-state index contributed by atoms with van der Waals surface area (Å²) in [5.41, 5.74) is 0.698. The van der Waals surface area contributed by atoms with Crippen LogP contribution in [0.25, 0.3) is 0 Å². The summed E-state index contributed by atoms with van der Waals surface area (Å²) >= 11 is 0. The van der Waals surface area contributed by atoms with E-state index in [1.807, 2.05) is 0 Å². The third-order valence-corrected chi connectivity index (χ3v) is 5.76.